The van der Waals surface area contributed by atoms with Gasteiger partial charge in [0, 0.05) is 38.0 Å². The number of benzene rings is 2. The summed E-state index contributed by atoms with van der Waals surface area (Å²) in [6.07, 6.45) is 2.66. The van der Waals surface area contributed by atoms with Crippen LogP contribution in [0.15, 0.2) is 65.7 Å². The van der Waals surface area contributed by atoms with Crippen LogP contribution < -0.4 is 4.90 Å². The van der Waals surface area contributed by atoms with Gasteiger partial charge >= 0.3 is 0 Å². The van der Waals surface area contributed by atoms with E-state index in [-0.39, 0.29) is 23.3 Å². The molecule has 1 saturated heterocycles. The molecule has 1 aliphatic rings. The predicted octanol–water partition coefficient (Wildman–Crippen LogP) is 2.46. The number of hydrogen-bond acceptors (Lipinski definition) is 8. The third kappa shape index (κ3) is 5.07. The number of anilines is 1. The van der Waals surface area contributed by atoms with Crippen molar-refractivity contribution < 1.29 is 18.3 Å². The Bertz CT molecular complexity index is 1190. The maximum Gasteiger partial charge on any atom is 0.204 e. The molecule has 1 unspecified atom stereocenters. The first-order chi connectivity index (χ1) is 15.3. The molecular formula is C23H25N3O4S2. The largest absolute Gasteiger partial charge is 0.395 e. The summed E-state index contributed by atoms with van der Waals surface area (Å²) in [7, 11) is -3.39. The number of sulfone groups is 1. The van der Waals surface area contributed by atoms with Gasteiger partial charge in [-0.3, -0.25) is 9.69 Å². The van der Waals surface area contributed by atoms with Crippen molar-refractivity contribution in [2.24, 2.45) is 0 Å². The molecule has 1 N–H and O–H groups in total. The van der Waals surface area contributed by atoms with E-state index in [4.69, 9.17) is 0 Å². The van der Waals surface area contributed by atoms with Crippen molar-refractivity contribution in [2.75, 3.05) is 37.4 Å². The minimum atomic E-state index is -3.39. The SMILES string of the molecule is CS(=O)(=O)c1cccc(C(=O)c2cnc(N3CCN(Cc4ccccc4)C(CO)C3)s2)c1. The molecule has 1 atom stereocenters. The standard InChI is InChI=1S/C23H25N3O4S2/c1-32(29,30)20-9-5-8-18(12-20)22(28)21-13-24-23(31-21)26-11-10-25(19(15-26)16-27)14-17-6-3-2-4-7-17/h2-9,12-13,19,27H,10-11,14-16H2,1H3. The van der Waals surface area contributed by atoms with Crippen molar-refractivity contribution >= 4 is 32.1 Å². The van der Waals surface area contributed by atoms with E-state index in [1.165, 1.54) is 29.0 Å². The van der Waals surface area contributed by atoms with Crippen molar-refractivity contribution in [2.45, 2.75) is 17.5 Å². The van der Waals surface area contributed by atoms with Gasteiger partial charge in [0.1, 0.15) is 0 Å². The van der Waals surface area contributed by atoms with Crippen LogP contribution in [0.3, 0.4) is 0 Å². The van der Waals surface area contributed by atoms with E-state index in [9.17, 15) is 18.3 Å². The summed E-state index contributed by atoms with van der Waals surface area (Å²) in [6.45, 7) is 2.96. The van der Waals surface area contributed by atoms with Gasteiger partial charge in [-0.1, -0.05) is 53.8 Å². The lowest BCUT2D eigenvalue weighted by Gasteiger charge is -2.40. The second-order valence-corrected chi connectivity index (χ2v) is 10.9. The number of carbonyl (C=O) groups is 1. The predicted molar refractivity (Wildman–Crippen MR) is 125 cm³/mol. The number of hydrogen-bond donors (Lipinski definition) is 1. The van der Waals surface area contributed by atoms with Gasteiger partial charge in [-0.15, -0.1) is 0 Å². The average molecular weight is 472 g/mol. The topological polar surface area (TPSA) is 90.8 Å². The molecule has 4 rings (SSSR count). The third-order valence-electron chi connectivity index (χ3n) is 5.56. The van der Waals surface area contributed by atoms with Gasteiger partial charge in [-0.25, -0.2) is 13.4 Å². The number of aromatic nitrogens is 1. The Labute approximate surface area is 191 Å². The minimum Gasteiger partial charge on any atom is -0.395 e. The summed E-state index contributed by atoms with van der Waals surface area (Å²) in [5, 5.41) is 10.7. The van der Waals surface area contributed by atoms with Crippen LogP contribution in [0.25, 0.3) is 0 Å². The van der Waals surface area contributed by atoms with Crippen molar-refractivity contribution in [1.29, 1.82) is 0 Å². The Morgan fingerprint density at radius 3 is 2.66 bits per heavy atom. The number of nitrogens with zero attached hydrogens (tertiary/aromatic N) is 3. The molecular weight excluding hydrogens is 446 g/mol. The van der Waals surface area contributed by atoms with E-state index in [2.05, 4.69) is 26.9 Å². The summed E-state index contributed by atoms with van der Waals surface area (Å²) in [6, 6.07) is 16.2. The van der Waals surface area contributed by atoms with Crippen molar-refractivity contribution in [3.8, 4) is 0 Å². The minimum absolute atomic E-state index is 0.0292. The first-order valence-electron chi connectivity index (χ1n) is 10.3. The smallest absolute Gasteiger partial charge is 0.204 e. The first-order valence-corrected chi connectivity index (χ1v) is 13.0. The molecule has 9 heteroatoms. The Morgan fingerprint density at radius 1 is 1.16 bits per heavy atom. The van der Waals surface area contributed by atoms with Crippen molar-refractivity contribution in [1.82, 2.24) is 9.88 Å². The molecule has 0 saturated carbocycles. The van der Waals surface area contributed by atoms with E-state index >= 15 is 0 Å². The normalized spacial score (nSPS) is 17.4. The van der Waals surface area contributed by atoms with Crippen molar-refractivity contribution in [3.63, 3.8) is 0 Å². The van der Waals surface area contributed by atoms with Crippen LogP contribution in [0, 0.1) is 0 Å². The zero-order chi connectivity index (χ0) is 22.7. The summed E-state index contributed by atoms with van der Waals surface area (Å²) < 4.78 is 23.6. The van der Waals surface area contributed by atoms with Crippen LogP contribution in [0.2, 0.25) is 0 Å². The van der Waals surface area contributed by atoms with Gasteiger partial charge in [-0.05, 0) is 17.7 Å². The number of thiazole rings is 1. The van der Waals surface area contributed by atoms with Crippen LogP contribution in [-0.2, 0) is 16.4 Å². The lowest BCUT2D eigenvalue weighted by molar-refractivity contribution is 0.104. The van der Waals surface area contributed by atoms with Gasteiger partial charge < -0.3 is 10.0 Å². The Kier molecular flexibility index (Phi) is 6.71. The van der Waals surface area contributed by atoms with Crippen LogP contribution in [0.5, 0.6) is 0 Å². The molecule has 7 nitrogen and oxygen atoms in total. The number of carbonyl (C=O) groups excluding carboxylic acids is 1. The number of rotatable bonds is 7. The Morgan fingerprint density at radius 2 is 1.94 bits per heavy atom. The van der Waals surface area contributed by atoms with E-state index in [0.717, 1.165) is 31.0 Å². The molecule has 0 aliphatic carbocycles. The van der Waals surface area contributed by atoms with Crippen LogP contribution in [0.4, 0.5) is 5.13 Å². The molecule has 32 heavy (non-hydrogen) atoms. The molecule has 0 spiro atoms. The van der Waals surface area contributed by atoms with Gasteiger partial charge in [0.2, 0.25) is 5.78 Å². The summed E-state index contributed by atoms with van der Waals surface area (Å²) in [5.41, 5.74) is 1.53. The molecule has 3 aromatic rings. The Balaban J connectivity index is 1.46. The van der Waals surface area contributed by atoms with Crippen molar-refractivity contribution in [3.05, 3.63) is 76.8 Å². The van der Waals surface area contributed by atoms with E-state index in [0.29, 0.717) is 17.0 Å². The molecule has 0 radical (unpaired) electrons. The highest BCUT2D eigenvalue weighted by atomic mass is 32.2. The van der Waals surface area contributed by atoms with Crippen LogP contribution in [0.1, 0.15) is 20.8 Å². The fourth-order valence-electron chi connectivity index (χ4n) is 3.79. The first kappa shape index (κ1) is 22.6. The van der Waals surface area contributed by atoms with Gasteiger partial charge in [0.05, 0.1) is 28.6 Å². The van der Waals surface area contributed by atoms with E-state index < -0.39 is 9.84 Å². The zero-order valence-electron chi connectivity index (χ0n) is 17.7. The number of aliphatic hydroxyl groups is 1. The lowest BCUT2D eigenvalue weighted by atomic mass is 10.1. The fraction of sp³-hybridized carbons (Fsp3) is 0.304. The zero-order valence-corrected chi connectivity index (χ0v) is 19.3. The number of ketones is 1. The monoisotopic (exact) mass is 471 g/mol. The van der Waals surface area contributed by atoms with Crippen LogP contribution >= 0.6 is 11.3 Å². The molecule has 2 aromatic carbocycles. The van der Waals surface area contributed by atoms with Crippen LogP contribution in [-0.4, -0.2) is 67.7 Å². The Hall–Kier alpha value is -2.59. The van der Waals surface area contributed by atoms with E-state index in [1.54, 1.807) is 18.3 Å². The summed E-state index contributed by atoms with van der Waals surface area (Å²) in [4.78, 5) is 22.3. The molecule has 1 aliphatic heterocycles. The third-order valence-corrected chi connectivity index (χ3v) is 7.72. The van der Waals surface area contributed by atoms with Gasteiger partial charge in [0.15, 0.2) is 15.0 Å². The average Bonchev–Trinajstić information content (AvgIpc) is 3.29. The molecule has 1 fully saturated rings. The quantitative estimate of drug-likeness (QED) is 0.530. The molecule has 0 bridgehead atoms. The number of piperazine rings is 1. The highest BCUT2D eigenvalue weighted by Crippen LogP contribution is 2.28. The maximum absolute atomic E-state index is 12.9. The number of aliphatic hydroxyl groups excluding tert-OH is 1. The fourth-order valence-corrected chi connectivity index (χ4v) is 5.37. The molecule has 2 heterocycles. The second kappa shape index (κ2) is 9.50. The highest BCUT2D eigenvalue weighted by molar-refractivity contribution is 7.90. The van der Waals surface area contributed by atoms with E-state index in [1.807, 2.05) is 18.2 Å². The maximum atomic E-state index is 12.9. The highest BCUT2D eigenvalue weighted by Gasteiger charge is 2.28. The van der Waals surface area contributed by atoms with Gasteiger partial charge in [0.25, 0.3) is 0 Å². The second-order valence-electron chi connectivity index (χ2n) is 7.87. The molecule has 0 amide bonds. The molecule has 1 aromatic heterocycles. The van der Waals surface area contributed by atoms with Gasteiger partial charge in [-0.2, -0.15) is 0 Å². The lowest BCUT2D eigenvalue weighted by Crippen LogP contribution is -2.54. The summed E-state index contributed by atoms with van der Waals surface area (Å²) >= 11 is 1.29. The summed E-state index contributed by atoms with van der Waals surface area (Å²) in [5.74, 6) is -0.249. The molecule has 168 valence electrons.